The van der Waals surface area contributed by atoms with Gasteiger partial charge < -0.3 is 25.3 Å². The Balaban J connectivity index is 1.72. The smallest absolute Gasteiger partial charge is 0.407 e. The largest absolute Gasteiger partial charge is 0.445 e. The number of nitrogens with one attached hydrogen (secondary N) is 2. The van der Waals surface area contributed by atoms with Crippen LogP contribution in [0.2, 0.25) is 0 Å². The van der Waals surface area contributed by atoms with Crippen molar-refractivity contribution in [3.8, 4) is 0 Å². The number of aromatic nitrogens is 2. The van der Waals surface area contributed by atoms with Gasteiger partial charge in [0.1, 0.15) is 12.7 Å². The molecular weight excluding hydrogens is 314 g/mol. The molecule has 24 heavy (non-hydrogen) atoms. The molecule has 0 saturated heterocycles. The maximum Gasteiger partial charge on any atom is 0.407 e. The van der Waals surface area contributed by atoms with E-state index in [4.69, 9.17) is 4.74 Å². The van der Waals surface area contributed by atoms with E-state index >= 15 is 0 Å². The summed E-state index contributed by atoms with van der Waals surface area (Å²) in [6.07, 6.45) is -0.798. The summed E-state index contributed by atoms with van der Waals surface area (Å²) in [5.41, 5.74) is 0.308. The molecule has 4 N–H and O–H groups in total. The summed E-state index contributed by atoms with van der Waals surface area (Å²) in [6.45, 7) is 0.229. The molecule has 0 aliphatic rings. The van der Waals surface area contributed by atoms with E-state index in [-0.39, 0.29) is 25.1 Å². The number of aliphatic hydroxyl groups is 2. The van der Waals surface area contributed by atoms with Crippen molar-refractivity contribution < 1.29 is 19.7 Å². The van der Waals surface area contributed by atoms with E-state index < -0.39 is 23.9 Å². The van der Waals surface area contributed by atoms with Gasteiger partial charge in [0.2, 0.25) is 0 Å². The lowest BCUT2D eigenvalue weighted by atomic mass is 10.1. The molecule has 2 atom stereocenters. The van der Waals surface area contributed by atoms with Gasteiger partial charge in [0.15, 0.2) is 0 Å². The van der Waals surface area contributed by atoms with Gasteiger partial charge in [-0.05, 0) is 12.0 Å². The second-order valence-electron chi connectivity index (χ2n) is 5.13. The quantitative estimate of drug-likeness (QED) is 0.584. The summed E-state index contributed by atoms with van der Waals surface area (Å²) in [7, 11) is 0. The van der Waals surface area contributed by atoms with Crippen LogP contribution in [0, 0.1) is 0 Å². The van der Waals surface area contributed by atoms with E-state index in [1.807, 2.05) is 30.3 Å². The minimum atomic E-state index is -1.38. The van der Waals surface area contributed by atoms with Crippen molar-refractivity contribution in [3.05, 3.63) is 64.3 Å². The Morgan fingerprint density at radius 3 is 2.75 bits per heavy atom. The monoisotopic (exact) mass is 333 g/mol. The minimum absolute atomic E-state index is 0.0309. The van der Waals surface area contributed by atoms with E-state index in [1.54, 1.807) is 0 Å². The van der Waals surface area contributed by atoms with Gasteiger partial charge in [0.25, 0.3) is 5.56 Å². The Labute approximate surface area is 138 Å². The lowest BCUT2D eigenvalue weighted by molar-refractivity contribution is 0.0126. The van der Waals surface area contributed by atoms with Crippen LogP contribution in [-0.4, -0.2) is 38.9 Å². The van der Waals surface area contributed by atoms with Crippen molar-refractivity contribution >= 4 is 6.09 Å². The summed E-state index contributed by atoms with van der Waals surface area (Å²) < 4.78 is 5.01. The summed E-state index contributed by atoms with van der Waals surface area (Å²) >= 11 is 0. The molecule has 1 heterocycles. The molecule has 128 valence electrons. The molecular formula is C16H19N3O5. The number of amides is 1. The number of H-pyrrole nitrogens is 1. The Hall–Kier alpha value is -2.71. The van der Waals surface area contributed by atoms with Crippen LogP contribution in [0.1, 0.15) is 23.7 Å². The number of aliphatic hydroxyl groups excluding tert-OH is 2. The number of rotatable bonds is 7. The van der Waals surface area contributed by atoms with Crippen molar-refractivity contribution in [2.75, 3.05) is 6.54 Å². The summed E-state index contributed by atoms with van der Waals surface area (Å²) in [5, 5.41) is 22.3. The third-order valence-corrected chi connectivity index (χ3v) is 3.35. The predicted octanol–water partition coefficient (Wildman–Crippen LogP) is 0.481. The van der Waals surface area contributed by atoms with Gasteiger partial charge in [-0.2, -0.15) is 0 Å². The van der Waals surface area contributed by atoms with Crippen LogP contribution in [0.3, 0.4) is 0 Å². The van der Waals surface area contributed by atoms with E-state index in [0.717, 1.165) is 5.56 Å². The second kappa shape index (κ2) is 8.80. The number of nitrogens with zero attached hydrogens (tertiary/aromatic N) is 1. The van der Waals surface area contributed by atoms with E-state index in [0.29, 0.717) is 0 Å². The lowest BCUT2D eigenvalue weighted by Crippen LogP contribution is -2.31. The fourth-order valence-corrected chi connectivity index (χ4v) is 2.03. The molecule has 0 bridgehead atoms. The molecule has 0 fully saturated rings. The topological polar surface area (TPSA) is 125 Å². The van der Waals surface area contributed by atoms with E-state index in [2.05, 4.69) is 15.3 Å². The fourth-order valence-electron chi connectivity index (χ4n) is 2.03. The zero-order chi connectivity index (χ0) is 17.4. The van der Waals surface area contributed by atoms with Gasteiger partial charge in [-0.1, -0.05) is 30.3 Å². The molecule has 2 rings (SSSR count). The molecule has 2 aromatic rings. The number of alkyl carbamates (subject to hydrolysis) is 1. The Morgan fingerprint density at radius 1 is 1.29 bits per heavy atom. The first-order valence-corrected chi connectivity index (χ1v) is 7.41. The van der Waals surface area contributed by atoms with Crippen LogP contribution in [-0.2, 0) is 11.3 Å². The zero-order valence-corrected chi connectivity index (χ0v) is 12.9. The molecule has 0 radical (unpaired) electrons. The molecule has 8 nitrogen and oxygen atoms in total. The zero-order valence-electron chi connectivity index (χ0n) is 12.9. The standard InChI is InChI=1S/C16H19N3O5/c20-13(14(21)12-8-17-10-19-15(12)22)6-7-18-16(23)24-9-11-4-2-1-3-5-11/h1-5,8,10,13-14,20-21H,6-7,9H2,(H,18,23)(H,17,19,22). The normalized spacial score (nSPS) is 13.1. The average molecular weight is 333 g/mol. The molecule has 0 spiro atoms. The maximum atomic E-state index is 11.5. The number of hydrogen-bond acceptors (Lipinski definition) is 6. The molecule has 8 heteroatoms. The first kappa shape index (κ1) is 17.6. The summed E-state index contributed by atoms with van der Waals surface area (Å²) in [6, 6.07) is 9.21. The molecule has 0 aliphatic heterocycles. The van der Waals surface area contributed by atoms with Gasteiger partial charge >= 0.3 is 6.09 Å². The molecule has 1 aromatic carbocycles. The van der Waals surface area contributed by atoms with E-state index in [1.165, 1.54) is 12.5 Å². The third kappa shape index (κ3) is 5.18. The number of ether oxygens (including phenoxy) is 1. The van der Waals surface area contributed by atoms with Crippen LogP contribution in [0.15, 0.2) is 47.7 Å². The first-order valence-electron chi connectivity index (χ1n) is 7.41. The van der Waals surface area contributed by atoms with Crippen LogP contribution < -0.4 is 10.9 Å². The highest BCUT2D eigenvalue weighted by Gasteiger charge is 2.21. The van der Waals surface area contributed by atoms with Crippen molar-refractivity contribution in [2.45, 2.75) is 25.2 Å². The molecule has 2 unspecified atom stereocenters. The van der Waals surface area contributed by atoms with Gasteiger partial charge in [-0.3, -0.25) is 4.79 Å². The highest BCUT2D eigenvalue weighted by molar-refractivity contribution is 5.67. The number of hydrogen-bond donors (Lipinski definition) is 4. The van der Waals surface area contributed by atoms with Crippen molar-refractivity contribution in [1.82, 2.24) is 15.3 Å². The summed E-state index contributed by atoms with van der Waals surface area (Å²) in [5.74, 6) is 0. The molecule has 1 aromatic heterocycles. The SMILES string of the molecule is O=C(NCCC(O)C(O)c1cnc[nH]c1=O)OCc1ccccc1. The molecule has 1 amide bonds. The molecule has 0 aliphatic carbocycles. The van der Waals surface area contributed by atoms with Crippen LogP contribution in [0.25, 0.3) is 0 Å². The highest BCUT2D eigenvalue weighted by atomic mass is 16.5. The summed E-state index contributed by atoms with van der Waals surface area (Å²) in [4.78, 5) is 29.1. The van der Waals surface area contributed by atoms with Crippen molar-refractivity contribution in [3.63, 3.8) is 0 Å². The minimum Gasteiger partial charge on any atom is -0.445 e. The first-order chi connectivity index (χ1) is 11.6. The second-order valence-corrected chi connectivity index (χ2v) is 5.13. The number of aromatic amines is 1. The van der Waals surface area contributed by atoms with Gasteiger partial charge in [0.05, 0.1) is 18.0 Å². The van der Waals surface area contributed by atoms with Gasteiger partial charge in [0, 0.05) is 12.7 Å². The van der Waals surface area contributed by atoms with Crippen LogP contribution >= 0.6 is 0 Å². The van der Waals surface area contributed by atoms with Crippen molar-refractivity contribution in [2.24, 2.45) is 0 Å². The Morgan fingerprint density at radius 2 is 2.04 bits per heavy atom. The maximum absolute atomic E-state index is 11.5. The average Bonchev–Trinajstić information content (AvgIpc) is 2.60. The fraction of sp³-hybridized carbons (Fsp3) is 0.312. The predicted molar refractivity (Wildman–Crippen MR) is 85.1 cm³/mol. The number of benzene rings is 1. The van der Waals surface area contributed by atoms with Gasteiger partial charge in [-0.15, -0.1) is 0 Å². The van der Waals surface area contributed by atoms with Crippen LogP contribution in [0.5, 0.6) is 0 Å². The Bertz CT molecular complexity index is 704. The number of carbonyl (C=O) groups is 1. The molecule has 0 saturated carbocycles. The van der Waals surface area contributed by atoms with Gasteiger partial charge in [-0.25, -0.2) is 9.78 Å². The Kier molecular flexibility index (Phi) is 6.47. The van der Waals surface area contributed by atoms with Crippen molar-refractivity contribution in [1.29, 1.82) is 0 Å². The lowest BCUT2D eigenvalue weighted by Gasteiger charge is -2.17. The highest BCUT2D eigenvalue weighted by Crippen LogP contribution is 2.14. The van der Waals surface area contributed by atoms with E-state index in [9.17, 15) is 19.8 Å². The van der Waals surface area contributed by atoms with Crippen LogP contribution in [0.4, 0.5) is 4.79 Å². The number of carbonyl (C=O) groups excluding carboxylic acids is 1. The third-order valence-electron chi connectivity index (χ3n) is 3.35.